The van der Waals surface area contributed by atoms with Crippen LogP contribution in [0.1, 0.15) is 18.4 Å². The molecule has 0 spiro atoms. The van der Waals surface area contributed by atoms with E-state index < -0.39 is 0 Å². The monoisotopic (exact) mass is 274 g/mol. The standard InChI is InChI=1S/C12H19P.BrH/c1-13(2)11-7-6-10-12-8-4-3-5-9-12;/h3-5,8-9H,6-7,10-11H2,1-2H3;1H. The summed E-state index contributed by atoms with van der Waals surface area (Å²) in [5.41, 5.74) is 1.49. The topological polar surface area (TPSA) is 0 Å². The highest BCUT2D eigenvalue weighted by molar-refractivity contribution is 8.93. The Bertz CT molecular complexity index is 221. The van der Waals surface area contributed by atoms with Crippen molar-refractivity contribution in [1.29, 1.82) is 0 Å². The van der Waals surface area contributed by atoms with E-state index in [1.165, 1.54) is 31.0 Å². The SMILES string of the molecule is Br.CP(C)CCCCc1ccccc1. The van der Waals surface area contributed by atoms with Gasteiger partial charge in [-0.1, -0.05) is 30.3 Å². The summed E-state index contributed by atoms with van der Waals surface area (Å²) >= 11 is 0. The van der Waals surface area contributed by atoms with Gasteiger partial charge in [0.2, 0.25) is 0 Å². The van der Waals surface area contributed by atoms with Crippen molar-refractivity contribution in [3.8, 4) is 0 Å². The van der Waals surface area contributed by atoms with E-state index >= 15 is 0 Å². The Balaban J connectivity index is 0.00000169. The van der Waals surface area contributed by atoms with Crippen LogP contribution in [0.3, 0.4) is 0 Å². The largest absolute Gasteiger partial charge is 0.114 e. The van der Waals surface area contributed by atoms with Crippen LogP contribution >= 0.6 is 24.9 Å². The Morgan fingerprint density at radius 1 is 1.00 bits per heavy atom. The highest BCUT2D eigenvalue weighted by atomic mass is 79.9. The van der Waals surface area contributed by atoms with Gasteiger partial charge in [0.05, 0.1) is 0 Å². The summed E-state index contributed by atoms with van der Waals surface area (Å²) < 4.78 is 0. The summed E-state index contributed by atoms with van der Waals surface area (Å²) in [6.45, 7) is 4.72. The summed E-state index contributed by atoms with van der Waals surface area (Å²) in [6.07, 6.45) is 5.43. The van der Waals surface area contributed by atoms with Gasteiger partial charge < -0.3 is 0 Å². The second-order valence-electron chi connectivity index (χ2n) is 3.75. The molecule has 0 saturated heterocycles. The van der Waals surface area contributed by atoms with Crippen LogP contribution in [0.15, 0.2) is 30.3 Å². The quantitative estimate of drug-likeness (QED) is 0.554. The Labute approximate surface area is 99.6 Å². The second-order valence-corrected chi connectivity index (χ2v) is 6.35. The predicted molar refractivity (Wildman–Crippen MR) is 73.3 cm³/mol. The predicted octanol–water partition coefficient (Wildman–Crippen LogP) is 4.33. The maximum atomic E-state index is 2.36. The van der Waals surface area contributed by atoms with Crippen molar-refractivity contribution in [1.82, 2.24) is 0 Å². The van der Waals surface area contributed by atoms with Gasteiger partial charge in [-0.15, -0.1) is 24.9 Å². The number of halogens is 1. The average Bonchev–Trinajstić information content (AvgIpc) is 2.14. The molecule has 0 saturated carbocycles. The lowest BCUT2D eigenvalue weighted by Crippen LogP contribution is -1.87. The lowest BCUT2D eigenvalue weighted by Gasteiger charge is -2.04. The minimum Gasteiger partial charge on any atom is -0.114 e. The fraction of sp³-hybridized carbons (Fsp3) is 0.500. The van der Waals surface area contributed by atoms with E-state index in [4.69, 9.17) is 0 Å². The van der Waals surface area contributed by atoms with E-state index in [1.807, 2.05) is 0 Å². The van der Waals surface area contributed by atoms with E-state index in [9.17, 15) is 0 Å². The minimum absolute atomic E-state index is 0. The molecule has 0 fully saturated rings. The summed E-state index contributed by atoms with van der Waals surface area (Å²) in [6, 6.07) is 10.8. The summed E-state index contributed by atoms with van der Waals surface area (Å²) in [7, 11) is 0.319. The fourth-order valence-corrected chi connectivity index (χ4v) is 2.26. The van der Waals surface area contributed by atoms with Crippen LogP contribution in [0.5, 0.6) is 0 Å². The highest BCUT2D eigenvalue weighted by Gasteiger charge is 1.94. The molecule has 14 heavy (non-hydrogen) atoms. The molecule has 0 atom stereocenters. The van der Waals surface area contributed by atoms with Crippen molar-refractivity contribution in [2.75, 3.05) is 19.5 Å². The molecular weight excluding hydrogens is 255 g/mol. The number of unbranched alkanes of at least 4 members (excludes halogenated alkanes) is 1. The molecule has 0 aliphatic heterocycles. The molecule has 0 aromatic heterocycles. The molecule has 0 aliphatic carbocycles. The molecule has 0 aliphatic rings. The summed E-state index contributed by atoms with van der Waals surface area (Å²) in [4.78, 5) is 0. The molecule has 0 radical (unpaired) electrons. The van der Waals surface area contributed by atoms with E-state index in [1.54, 1.807) is 0 Å². The maximum Gasteiger partial charge on any atom is -0.0279 e. The summed E-state index contributed by atoms with van der Waals surface area (Å²) in [5.74, 6) is 0. The normalized spacial score (nSPS) is 9.93. The van der Waals surface area contributed by atoms with Crippen LogP contribution in [0.25, 0.3) is 0 Å². The van der Waals surface area contributed by atoms with E-state index in [0.717, 1.165) is 0 Å². The zero-order chi connectivity index (χ0) is 9.52. The Morgan fingerprint density at radius 3 is 2.21 bits per heavy atom. The van der Waals surface area contributed by atoms with E-state index in [-0.39, 0.29) is 17.0 Å². The first-order valence-corrected chi connectivity index (χ1v) is 7.40. The third kappa shape index (κ3) is 6.56. The number of hydrogen-bond acceptors (Lipinski definition) is 0. The third-order valence-corrected chi connectivity index (χ3v) is 3.37. The van der Waals surface area contributed by atoms with Crippen molar-refractivity contribution in [2.45, 2.75) is 19.3 Å². The molecule has 0 amide bonds. The van der Waals surface area contributed by atoms with Crippen LogP contribution < -0.4 is 0 Å². The summed E-state index contributed by atoms with van der Waals surface area (Å²) in [5, 5.41) is 0. The third-order valence-electron chi connectivity index (χ3n) is 2.16. The van der Waals surface area contributed by atoms with Gasteiger partial charge in [0.15, 0.2) is 0 Å². The smallest absolute Gasteiger partial charge is 0.0279 e. The van der Waals surface area contributed by atoms with Crippen molar-refractivity contribution < 1.29 is 0 Å². The minimum atomic E-state index is 0. The number of rotatable bonds is 5. The van der Waals surface area contributed by atoms with Crippen molar-refractivity contribution in [3.63, 3.8) is 0 Å². The Hall–Kier alpha value is 0.130. The molecule has 0 nitrogen and oxygen atoms in total. The second kappa shape index (κ2) is 8.44. The average molecular weight is 275 g/mol. The van der Waals surface area contributed by atoms with Crippen molar-refractivity contribution in [3.05, 3.63) is 35.9 Å². The molecule has 0 bridgehead atoms. The molecule has 0 N–H and O–H groups in total. The highest BCUT2D eigenvalue weighted by Crippen LogP contribution is 2.25. The van der Waals surface area contributed by atoms with Crippen molar-refractivity contribution >= 4 is 24.9 Å². The Kier molecular flexibility index (Phi) is 8.52. The molecule has 1 aromatic rings. The molecule has 0 unspecified atom stereocenters. The number of hydrogen-bond donors (Lipinski definition) is 0. The van der Waals surface area contributed by atoms with Crippen LogP contribution in [0.4, 0.5) is 0 Å². The van der Waals surface area contributed by atoms with Gasteiger partial charge in [-0.2, -0.15) is 0 Å². The molecule has 1 aromatic carbocycles. The lowest BCUT2D eigenvalue weighted by atomic mass is 10.1. The van der Waals surface area contributed by atoms with Crippen LogP contribution in [0, 0.1) is 0 Å². The van der Waals surface area contributed by atoms with Crippen LogP contribution in [-0.2, 0) is 6.42 Å². The van der Waals surface area contributed by atoms with Gasteiger partial charge in [-0.05, 0) is 44.3 Å². The first kappa shape index (κ1) is 14.1. The van der Waals surface area contributed by atoms with Gasteiger partial charge in [0.1, 0.15) is 0 Å². The molecule has 2 heteroatoms. The zero-order valence-corrected chi connectivity index (χ0v) is 11.7. The molecule has 80 valence electrons. The van der Waals surface area contributed by atoms with Crippen LogP contribution in [-0.4, -0.2) is 19.5 Å². The first-order valence-electron chi connectivity index (χ1n) is 4.97. The molecule has 1 rings (SSSR count). The van der Waals surface area contributed by atoms with Crippen molar-refractivity contribution in [2.24, 2.45) is 0 Å². The Morgan fingerprint density at radius 2 is 1.64 bits per heavy atom. The fourth-order valence-electron chi connectivity index (χ4n) is 1.40. The zero-order valence-electron chi connectivity index (χ0n) is 9.07. The molecular formula is C12H20BrP. The van der Waals surface area contributed by atoms with Gasteiger partial charge in [0, 0.05) is 0 Å². The number of aryl methyl sites for hydroxylation is 1. The first-order chi connectivity index (χ1) is 6.29. The van der Waals surface area contributed by atoms with E-state index in [2.05, 4.69) is 43.7 Å². The van der Waals surface area contributed by atoms with Gasteiger partial charge in [0.25, 0.3) is 0 Å². The van der Waals surface area contributed by atoms with E-state index in [0.29, 0.717) is 7.92 Å². The van der Waals surface area contributed by atoms with Gasteiger partial charge in [-0.3, -0.25) is 0 Å². The lowest BCUT2D eigenvalue weighted by molar-refractivity contribution is 0.800. The molecule has 0 heterocycles. The van der Waals surface area contributed by atoms with Gasteiger partial charge in [-0.25, -0.2) is 0 Å². The van der Waals surface area contributed by atoms with Crippen LogP contribution in [0.2, 0.25) is 0 Å². The van der Waals surface area contributed by atoms with Gasteiger partial charge >= 0.3 is 0 Å². The maximum absolute atomic E-state index is 2.36. The number of benzene rings is 1.